The van der Waals surface area contributed by atoms with E-state index in [9.17, 15) is 17.6 Å². The molecule has 2 heterocycles. The molecule has 0 radical (unpaired) electrons. The molecular formula is C22H17FN2O3S2. The molecule has 1 N–H and O–H groups in total. The highest BCUT2D eigenvalue weighted by Crippen LogP contribution is 2.26. The first-order chi connectivity index (χ1) is 14.4. The van der Waals surface area contributed by atoms with E-state index in [0.29, 0.717) is 4.88 Å². The molecule has 4 aromatic rings. The Kier molecular flexibility index (Phi) is 5.36. The second kappa shape index (κ2) is 7.97. The van der Waals surface area contributed by atoms with Gasteiger partial charge < -0.3 is 5.32 Å². The topological polar surface area (TPSA) is 76.1 Å². The Hall–Kier alpha value is -3.10. The van der Waals surface area contributed by atoms with Crippen molar-refractivity contribution in [3.63, 3.8) is 0 Å². The number of halogens is 1. The smallest absolute Gasteiger partial charge is 0.261 e. The Balaban J connectivity index is 1.48. The number of nitrogens with one attached hydrogen (secondary N) is 1. The van der Waals surface area contributed by atoms with Crippen molar-refractivity contribution >= 4 is 37.2 Å². The van der Waals surface area contributed by atoms with E-state index in [1.165, 1.54) is 48.6 Å². The number of hydrogen-bond donors (Lipinski definition) is 1. The molecule has 4 rings (SSSR count). The van der Waals surface area contributed by atoms with Gasteiger partial charge in [0, 0.05) is 24.5 Å². The summed E-state index contributed by atoms with van der Waals surface area (Å²) in [5.74, 6) is -0.768. The number of hydrogen-bond acceptors (Lipinski definition) is 5. The van der Waals surface area contributed by atoms with Gasteiger partial charge in [0.25, 0.3) is 5.91 Å². The Morgan fingerprint density at radius 1 is 1.13 bits per heavy atom. The van der Waals surface area contributed by atoms with Crippen molar-refractivity contribution in [1.82, 2.24) is 10.3 Å². The molecule has 152 valence electrons. The van der Waals surface area contributed by atoms with Crippen molar-refractivity contribution in [1.29, 1.82) is 0 Å². The second-order valence-electron chi connectivity index (χ2n) is 6.72. The predicted molar refractivity (Wildman–Crippen MR) is 114 cm³/mol. The summed E-state index contributed by atoms with van der Waals surface area (Å²) in [6.45, 7) is 1.70. The fourth-order valence-corrected chi connectivity index (χ4v) is 5.51. The van der Waals surface area contributed by atoms with Gasteiger partial charge in [-0.2, -0.15) is 0 Å². The normalized spacial score (nSPS) is 11.5. The van der Waals surface area contributed by atoms with Crippen LogP contribution in [-0.4, -0.2) is 19.3 Å². The molecule has 0 saturated carbocycles. The lowest BCUT2D eigenvalue weighted by Gasteiger charge is -2.09. The summed E-state index contributed by atoms with van der Waals surface area (Å²) in [6, 6.07) is 13.9. The maximum absolute atomic E-state index is 13.8. The molecule has 5 nitrogen and oxygen atoms in total. The molecule has 0 aliphatic rings. The van der Waals surface area contributed by atoms with Gasteiger partial charge in [-0.3, -0.25) is 9.78 Å². The molecule has 0 bridgehead atoms. The molecule has 0 aliphatic heterocycles. The van der Waals surface area contributed by atoms with E-state index in [4.69, 9.17) is 0 Å². The zero-order valence-electron chi connectivity index (χ0n) is 15.9. The van der Waals surface area contributed by atoms with Gasteiger partial charge in [-0.25, -0.2) is 12.8 Å². The van der Waals surface area contributed by atoms with Gasteiger partial charge in [-0.15, -0.1) is 11.3 Å². The van der Waals surface area contributed by atoms with Crippen LogP contribution < -0.4 is 5.32 Å². The third-order valence-corrected chi connectivity index (χ3v) is 7.74. The first kappa shape index (κ1) is 20.2. The van der Waals surface area contributed by atoms with Gasteiger partial charge >= 0.3 is 0 Å². The molecule has 0 unspecified atom stereocenters. The number of fused-ring (bicyclic) bond motifs is 1. The second-order valence-corrected chi connectivity index (χ2v) is 9.72. The molecule has 8 heteroatoms. The highest BCUT2D eigenvalue weighted by atomic mass is 32.2. The van der Waals surface area contributed by atoms with E-state index in [1.807, 2.05) is 12.1 Å². The van der Waals surface area contributed by atoms with Crippen LogP contribution in [0.15, 0.2) is 76.8 Å². The summed E-state index contributed by atoms with van der Waals surface area (Å²) in [6.07, 6.45) is 3.40. The molecular weight excluding hydrogens is 423 g/mol. The molecule has 0 saturated heterocycles. The number of nitrogens with zero attached hydrogens (tertiary/aromatic N) is 1. The van der Waals surface area contributed by atoms with E-state index in [-0.39, 0.29) is 27.8 Å². The Morgan fingerprint density at radius 2 is 1.90 bits per heavy atom. The zero-order valence-corrected chi connectivity index (χ0v) is 17.6. The molecule has 0 aliphatic carbocycles. The number of carbonyl (C=O) groups excluding carboxylic acids is 1. The van der Waals surface area contributed by atoms with Gasteiger partial charge in [0.15, 0.2) is 0 Å². The van der Waals surface area contributed by atoms with Crippen molar-refractivity contribution in [2.75, 3.05) is 0 Å². The maximum Gasteiger partial charge on any atom is 0.261 e. The standard InChI is InChI=1S/C22H17FN2O3S2/c1-14-18(23)3-2-4-21(14)30(27,28)17-7-5-15(6-8-17)12-25-22(26)19-11-16-9-10-24-13-20(16)29-19/h2-11,13H,12H2,1H3,(H,25,26). The van der Waals surface area contributed by atoms with Crippen LogP contribution in [-0.2, 0) is 16.4 Å². The summed E-state index contributed by atoms with van der Waals surface area (Å²) in [5.41, 5.74) is 0.841. The first-order valence-electron chi connectivity index (χ1n) is 9.07. The lowest BCUT2D eigenvalue weighted by atomic mass is 10.2. The Morgan fingerprint density at radius 3 is 2.63 bits per heavy atom. The number of amides is 1. The molecule has 2 aromatic carbocycles. The highest BCUT2D eigenvalue weighted by molar-refractivity contribution is 7.91. The number of carbonyl (C=O) groups is 1. The van der Waals surface area contributed by atoms with Crippen molar-refractivity contribution < 1.29 is 17.6 Å². The fourth-order valence-electron chi connectivity index (χ4n) is 3.06. The average molecular weight is 441 g/mol. The Bertz CT molecular complexity index is 1310. The van der Waals surface area contributed by atoms with Gasteiger partial charge in [0.05, 0.1) is 19.4 Å². The quantitative estimate of drug-likeness (QED) is 0.496. The third kappa shape index (κ3) is 3.83. The zero-order chi connectivity index (χ0) is 21.3. The van der Waals surface area contributed by atoms with E-state index >= 15 is 0 Å². The van der Waals surface area contributed by atoms with Crippen molar-refractivity contribution in [3.05, 3.63) is 88.8 Å². The molecule has 2 aromatic heterocycles. The maximum atomic E-state index is 13.8. The van der Waals surface area contributed by atoms with Crippen molar-refractivity contribution in [3.8, 4) is 0 Å². The van der Waals surface area contributed by atoms with Crippen LogP contribution in [0.25, 0.3) is 10.1 Å². The minimum atomic E-state index is -3.83. The molecule has 0 fully saturated rings. The van der Waals surface area contributed by atoms with Gasteiger partial charge in [0.2, 0.25) is 9.84 Å². The number of sulfone groups is 1. The lowest BCUT2D eigenvalue weighted by molar-refractivity contribution is 0.0955. The summed E-state index contributed by atoms with van der Waals surface area (Å²) >= 11 is 1.36. The number of aromatic nitrogens is 1. The van der Waals surface area contributed by atoms with Gasteiger partial charge in [-0.1, -0.05) is 18.2 Å². The van der Waals surface area contributed by atoms with Crippen LogP contribution >= 0.6 is 11.3 Å². The number of thiophene rings is 1. The van der Waals surface area contributed by atoms with Crippen LogP contribution in [0.1, 0.15) is 20.8 Å². The summed E-state index contributed by atoms with van der Waals surface area (Å²) in [5, 5.41) is 3.80. The number of pyridine rings is 1. The summed E-state index contributed by atoms with van der Waals surface area (Å²) < 4.78 is 40.3. The molecule has 1 amide bonds. The minimum absolute atomic E-state index is 0.0530. The third-order valence-electron chi connectivity index (χ3n) is 4.74. The Labute approximate surface area is 177 Å². The van der Waals surface area contributed by atoms with Crippen LogP contribution in [0.3, 0.4) is 0 Å². The van der Waals surface area contributed by atoms with Crippen LogP contribution in [0, 0.1) is 12.7 Å². The summed E-state index contributed by atoms with van der Waals surface area (Å²) in [4.78, 5) is 17.1. The lowest BCUT2D eigenvalue weighted by Crippen LogP contribution is -2.21. The highest BCUT2D eigenvalue weighted by Gasteiger charge is 2.21. The van der Waals surface area contributed by atoms with Crippen LogP contribution in [0.2, 0.25) is 0 Å². The van der Waals surface area contributed by atoms with E-state index in [1.54, 1.807) is 24.5 Å². The van der Waals surface area contributed by atoms with Crippen molar-refractivity contribution in [2.24, 2.45) is 0 Å². The number of rotatable bonds is 5. The predicted octanol–water partition coefficient (Wildman–Crippen LogP) is 4.51. The minimum Gasteiger partial charge on any atom is -0.347 e. The van der Waals surface area contributed by atoms with Crippen LogP contribution in [0.5, 0.6) is 0 Å². The fraction of sp³-hybridized carbons (Fsp3) is 0.0909. The number of benzene rings is 2. The van der Waals surface area contributed by atoms with E-state index < -0.39 is 15.7 Å². The molecule has 0 atom stereocenters. The molecule has 30 heavy (non-hydrogen) atoms. The average Bonchev–Trinajstić information content (AvgIpc) is 3.18. The van der Waals surface area contributed by atoms with Gasteiger partial charge in [0.1, 0.15) is 5.82 Å². The van der Waals surface area contributed by atoms with Crippen LogP contribution in [0.4, 0.5) is 4.39 Å². The largest absolute Gasteiger partial charge is 0.347 e. The first-order valence-corrected chi connectivity index (χ1v) is 11.4. The molecule has 0 spiro atoms. The van der Waals surface area contributed by atoms with E-state index in [0.717, 1.165) is 15.6 Å². The van der Waals surface area contributed by atoms with E-state index in [2.05, 4.69) is 10.3 Å². The van der Waals surface area contributed by atoms with Gasteiger partial charge in [-0.05, 0) is 54.3 Å². The van der Waals surface area contributed by atoms with Crippen molar-refractivity contribution in [2.45, 2.75) is 23.3 Å². The SMILES string of the molecule is Cc1c(F)cccc1S(=O)(=O)c1ccc(CNC(=O)c2cc3ccncc3s2)cc1. The monoisotopic (exact) mass is 440 g/mol. The summed E-state index contributed by atoms with van der Waals surface area (Å²) in [7, 11) is -3.83.